The van der Waals surface area contributed by atoms with E-state index >= 15 is 0 Å². The van der Waals surface area contributed by atoms with Crippen molar-refractivity contribution in [3.8, 4) is 0 Å². The van der Waals surface area contributed by atoms with Crippen LogP contribution >= 0.6 is 11.3 Å². The molecule has 88 valence electrons. The van der Waals surface area contributed by atoms with E-state index in [1.54, 1.807) is 11.6 Å². The number of hydrogen-bond donors (Lipinski definition) is 1. The van der Waals surface area contributed by atoms with E-state index in [1.807, 2.05) is 6.92 Å². The maximum absolute atomic E-state index is 10.8. The number of pyridine rings is 1. The van der Waals surface area contributed by atoms with Gasteiger partial charge in [-0.05, 0) is 13.0 Å². The summed E-state index contributed by atoms with van der Waals surface area (Å²) in [5.74, 6) is 0. The van der Waals surface area contributed by atoms with Crippen LogP contribution in [0, 0.1) is 17.0 Å². The molecular formula is C10H10N4O2S. The molecule has 0 saturated heterocycles. The molecule has 7 heteroatoms. The minimum atomic E-state index is -0.450. The molecule has 0 bridgehead atoms. The Morgan fingerprint density at radius 1 is 1.59 bits per heavy atom. The number of rotatable bonds is 4. The van der Waals surface area contributed by atoms with Gasteiger partial charge >= 0.3 is 5.69 Å². The van der Waals surface area contributed by atoms with E-state index in [2.05, 4.69) is 15.3 Å². The van der Waals surface area contributed by atoms with Crippen molar-refractivity contribution in [1.29, 1.82) is 0 Å². The third-order valence-electron chi connectivity index (χ3n) is 2.28. The fourth-order valence-electron chi connectivity index (χ4n) is 1.35. The third kappa shape index (κ3) is 2.56. The summed E-state index contributed by atoms with van der Waals surface area (Å²) >= 11 is 1.52. The summed E-state index contributed by atoms with van der Waals surface area (Å²) in [5.41, 5.74) is 3.15. The second-order valence-corrected chi connectivity index (χ2v) is 4.30. The van der Waals surface area contributed by atoms with E-state index < -0.39 is 4.92 Å². The van der Waals surface area contributed by atoms with Gasteiger partial charge in [-0.1, -0.05) is 0 Å². The molecular weight excluding hydrogens is 240 g/mol. The Hall–Kier alpha value is -2.02. The highest BCUT2D eigenvalue weighted by Crippen LogP contribution is 2.23. The molecule has 0 amide bonds. The molecule has 2 aromatic heterocycles. The lowest BCUT2D eigenvalue weighted by molar-refractivity contribution is -0.384. The number of nitrogens with one attached hydrogen (secondary N) is 1. The lowest BCUT2D eigenvalue weighted by Crippen LogP contribution is -2.02. The van der Waals surface area contributed by atoms with E-state index in [0.717, 1.165) is 10.6 Å². The predicted octanol–water partition coefficient (Wildman–Crippen LogP) is 2.37. The second kappa shape index (κ2) is 4.88. The van der Waals surface area contributed by atoms with Crippen molar-refractivity contribution in [2.45, 2.75) is 13.5 Å². The van der Waals surface area contributed by atoms with Crippen molar-refractivity contribution >= 4 is 22.7 Å². The van der Waals surface area contributed by atoms with Crippen LogP contribution in [-0.4, -0.2) is 14.9 Å². The minimum Gasteiger partial charge on any atom is -0.374 e. The van der Waals surface area contributed by atoms with Crippen molar-refractivity contribution in [3.63, 3.8) is 0 Å². The SMILES string of the molecule is Cc1ncsc1CNc1ccncc1[N+](=O)[O-]. The van der Waals surface area contributed by atoms with Gasteiger partial charge in [0.05, 0.1) is 22.7 Å². The molecule has 1 N–H and O–H groups in total. The molecule has 0 radical (unpaired) electrons. The number of thiazole rings is 1. The van der Waals surface area contributed by atoms with Gasteiger partial charge in [0.25, 0.3) is 0 Å². The lowest BCUT2D eigenvalue weighted by Gasteiger charge is -2.05. The van der Waals surface area contributed by atoms with Gasteiger partial charge in [0, 0.05) is 11.1 Å². The van der Waals surface area contributed by atoms with Crippen molar-refractivity contribution in [2.24, 2.45) is 0 Å². The Morgan fingerprint density at radius 3 is 3.06 bits per heavy atom. The molecule has 0 atom stereocenters. The zero-order valence-corrected chi connectivity index (χ0v) is 9.90. The van der Waals surface area contributed by atoms with Gasteiger partial charge in [-0.2, -0.15) is 0 Å². The van der Waals surface area contributed by atoms with Crippen LogP contribution < -0.4 is 5.32 Å². The summed E-state index contributed by atoms with van der Waals surface area (Å²) in [6.07, 6.45) is 2.76. The Balaban J connectivity index is 2.14. The van der Waals surface area contributed by atoms with Gasteiger partial charge in [-0.25, -0.2) is 4.98 Å². The van der Waals surface area contributed by atoms with Crippen LogP contribution in [-0.2, 0) is 6.54 Å². The summed E-state index contributed by atoms with van der Waals surface area (Å²) < 4.78 is 0. The van der Waals surface area contributed by atoms with Gasteiger partial charge in [-0.3, -0.25) is 15.1 Å². The first-order valence-electron chi connectivity index (χ1n) is 4.89. The highest BCUT2D eigenvalue weighted by molar-refractivity contribution is 7.09. The van der Waals surface area contributed by atoms with E-state index in [-0.39, 0.29) is 5.69 Å². The maximum Gasteiger partial charge on any atom is 0.310 e. The van der Waals surface area contributed by atoms with E-state index in [0.29, 0.717) is 12.2 Å². The Kier molecular flexibility index (Phi) is 3.29. The van der Waals surface area contributed by atoms with Crippen molar-refractivity contribution in [3.05, 3.63) is 44.7 Å². The highest BCUT2D eigenvalue weighted by Gasteiger charge is 2.13. The van der Waals surface area contributed by atoms with Crippen molar-refractivity contribution < 1.29 is 4.92 Å². The molecule has 0 aliphatic heterocycles. The standard InChI is InChI=1S/C10H10N4O2S/c1-7-10(17-6-13-7)5-12-8-2-3-11-4-9(8)14(15)16/h2-4,6H,5H2,1H3,(H,11,12). The largest absolute Gasteiger partial charge is 0.374 e. The van der Waals surface area contributed by atoms with Gasteiger partial charge in [0.2, 0.25) is 0 Å². The predicted molar refractivity (Wildman–Crippen MR) is 65.1 cm³/mol. The maximum atomic E-state index is 10.8. The van der Waals surface area contributed by atoms with Crippen LogP contribution in [0.1, 0.15) is 10.6 Å². The molecule has 2 heterocycles. The first-order chi connectivity index (χ1) is 8.18. The molecule has 6 nitrogen and oxygen atoms in total. The molecule has 0 aliphatic carbocycles. The number of aryl methyl sites for hydroxylation is 1. The first kappa shape index (κ1) is 11.5. The second-order valence-electron chi connectivity index (χ2n) is 3.36. The van der Waals surface area contributed by atoms with Gasteiger partial charge in [0.1, 0.15) is 11.9 Å². The van der Waals surface area contributed by atoms with Crippen molar-refractivity contribution in [2.75, 3.05) is 5.32 Å². The molecule has 2 aromatic rings. The zero-order valence-electron chi connectivity index (χ0n) is 9.08. The quantitative estimate of drug-likeness (QED) is 0.665. The molecule has 0 spiro atoms. The molecule has 0 fully saturated rings. The fraction of sp³-hybridized carbons (Fsp3) is 0.200. The van der Waals surface area contributed by atoms with Crippen LogP contribution in [0.2, 0.25) is 0 Å². The average molecular weight is 250 g/mol. The van der Waals surface area contributed by atoms with E-state index in [9.17, 15) is 10.1 Å². The van der Waals surface area contributed by atoms with Crippen LogP contribution in [0.15, 0.2) is 24.0 Å². The first-order valence-corrected chi connectivity index (χ1v) is 5.77. The molecule has 0 aromatic carbocycles. The Bertz CT molecular complexity index is 541. The highest BCUT2D eigenvalue weighted by atomic mass is 32.1. The zero-order chi connectivity index (χ0) is 12.3. The molecule has 0 saturated carbocycles. The number of hydrogen-bond acceptors (Lipinski definition) is 6. The van der Waals surface area contributed by atoms with Gasteiger partial charge in [0.15, 0.2) is 0 Å². The van der Waals surface area contributed by atoms with Gasteiger partial charge < -0.3 is 5.32 Å². The van der Waals surface area contributed by atoms with Crippen LogP contribution in [0.25, 0.3) is 0 Å². The monoisotopic (exact) mass is 250 g/mol. The Morgan fingerprint density at radius 2 is 2.41 bits per heavy atom. The molecule has 0 unspecified atom stereocenters. The van der Waals surface area contributed by atoms with Crippen LogP contribution in [0.4, 0.5) is 11.4 Å². The summed E-state index contributed by atoms with van der Waals surface area (Å²) in [4.78, 5) is 19.2. The fourth-order valence-corrected chi connectivity index (χ4v) is 2.07. The number of anilines is 1. The van der Waals surface area contributed by atoms with Crippen molar-refractivity contribution in [1.82, 2.24) is 9.97 Å². The molecule has 0 aliphatic rings. The summed E-state index contributed by atoms with van der Waals surface area (Å²) in [6, 6.07) is 1.59. The molecule has 17 heavy (non-hydrogen) atoms. The van der Waals surface area contributed by atoms with Crippen LogP contribution in [0.3, 0.4) is 0 Å². The minimum absolute atomic E-state index is 0.0188. The number of nitro groups is 1. The summed E-state index contributed by atoms with van der Waals surface area (Å²) in [5, 5.41) is 13.8. The smallest absolute Gasteiger partial charge is 0.310 e. The Labute approximate surface area is 102 Å². The average Bonchev–Trinajstić information content (AvgIpc) is 2.72. The van der Waals surface area contributed by atoms with E-state index in [4.69, 9.17) is 0 Å². The normalized spacial score (nSPS) is 10.2. The van der Waals surface area contributed by atoms with E-state index in [1.165, 1.54) is 23.7 Å². The summed E-state index contributed by atoms with van der Waals surface area (Å²) in [6.45, 7) is 2.44. The lowest BCUT2D eigenvalue weighted by atomic mass is 10.3. The topological polar surface area (TPSA) is 81.0 Å². The number of nitrogens with zero attached hydrogens (tertiary/aromatic N) is 3. The molecule has 2 rings (SSSR count). The van der Waals surface area contributed by atoms with Crippen LogP contribution in [0.5, 0.6) is 0 Å². The number of aromatic nitrogens is 2. The third-order valence-corrected chi connectivity index (χ3v) is 3.22. The summed E-state index contributed by atoms with van der Waals surface area (Å²) in [7, 11) is 0. The van der Waals surface area contributed by atoms with Gasteiger partial charge in [-0.15, -0.1) is 11.3 Å².